The van der Waals surface area contributed by atoms with Gasteiger partial charge < -0.3 is 9.47 Å². The molecule has 0 spiro atoms. The maximum Gasteiger partial charge on any atom is 0.121 e. The average molecular weight is 232 g/mol. The van der Waals surface area contributed by atoms with E-state index in [1.165, 1.54) is 11.8 Å². The Hall–Kier alpha value is -1.54. The van der Waals surface area contributed by atoms with E-state index in [1.807, 2.05) is 36.4 Å². The van der Waals surface area contributed by atoms with Gasteiger partial charge in [-0.2, -0.15) is 0 Å². The lowest BCUT2D eigenvalue weighted by Crippen LogP contribution is -2.17. The van der Waals surface area contributed by atoms with Crippen LogP contribution in [0.5, 0.6) is 0 Å². The van der Waals surface area contributed by atoms with E-state index >= 15 is 0 Å². The van der Waals surface area contributed by atoms with Crippen LogP contribution in [0.1, 0.15) is 18.4 Å². The molecule has 1 aromatic rings. The highest BCUT2D eigenvalue weighted by molar-refractivity contribution is 5.13. The zero-order valence-corrected chi connectivity index (χ0v) is 10.2. The normalized spacial score (nSPS) is 11.8. The smallest absolute Gasteiger partial charge is 0.121 e. The molecule has 0 saturated heterocycles. The van der Waals surface area contributed by atoms with E-state index in [0.717, 1.165) is 12.8 Å². The Morgan fingerprint density at radius 2 is 1.94 bits per heavy atom. The minimum Gasteiger partial charge on any atom is -0.496 e. The van der Waals surface area contributed by atoms with Crippen LogP contribution in [-0.4, -0.2) is 12.7 Å². The second kappa shape index (κ2) is 8.59. The van der Waals surface area contributed by atoms with Crippen molar-refractivity contribution in [3.63, 3.8) is 0 Å². The summed E-state index contributed by atoms with van der Waals surface area (Å²) in [4.78, 5) is 0. The number of allylic oxidation sites excluding steroid dienone is 1. The average Bonchev–Trinajstić information content (AvgIpc) is 2.37. The van der Waals surface area contributed by atoms with Gasteiger partial charge in [-0.1, -0.05) is 43.0 Å². The molecule has 0 N–H and O–H groups in total. The summed E-state index contributed by atoms with van der Waals surface area (Å²) in [5.41, 5.74) is 1.17. The number of hydrogen-bond acceptors (Lipinski definition) is 2. The van der Waals surface area contributed by atoms with Crippen molar-refractivity contribution in [1.82, 2.24) is 0 Å². The molecule has 0 fully saturated rings. The van der Waals surface area contributed by atoms with Gasteiger partial charge in [-0.25, -0.2) is 0 Å². The van der Waals surface area contributed by atoms with Crippen LogP contribution in [0.2, 0.25) is 0 Å². The van der Waals surface area contributed by atoms with Gasteiger partial charge in [0.2, 0.25) is 0 Å². The second-order valence-corrected chi connectivity index (χ2v) is 3.79. The van der Waals surface area contributed by atoms with E-state index in [2.05, 4.69) is 13.2 Å². The topological polar surface area (TPSA) is 18.5 Å². The Kier molecular flexibility index (Phi) is 6.84. The van der Waals surface area contributed by atoms with E-state index < -0.39 is 0 Å². The quantitative estimate of drug-likeness (QED) is 0.477. The maximum atomic E-state index is 5.62. The lowest BCUT2D eigenvalue weighted by atomic mass is 10.2. The van der Waals surface area contributed by atoms with Gasteiger partial charge in [0.05, 0.1) is 19.5 Å². The predicted molar refractivity (Wildman–Crippen MR) is 70.6 cm³/mol. The van der Waals surface area contributed by atoms with Crippen LogP contribution < -0.4 is 0 Å². The molecular weight excluding hydrogens is 212 g/mol. The van der Waals surface area contributed by atoms with Crippen molar-refractivity contribution in [3.05, 3.63) is 61.4 Å². The molecule has 0 aliphatic heterocycles. The third-order valence-corrected chi connectivity index (χ3v) is 2.40. The summed E-state index contributed by atoms with van der Waals surface area (Å²) in [7, 11) is 0. The van der Waals surface area contributed by atoms with Gasteiger partial charge >= 0.3 is 0 Å². The van der Waals surface area contributed by atoms with Crippen LogP contribution in [0.3, 0.4) is 0 Å². The lowest BCUT2D eigenvalue weighted by Gasteiger charge is -2.15. The molecule has 0 aliphatic carbocycles. The van der Waals surface area contributed by atoms with Crippen molar-refractivity contribution in [3.8, 4) is 0 Å². The highest BCUT2D eigenvalue weighted by Crippen LogP contribution is 2.07. The molecule has 0 saturated carbocycles. The second-order valence-electron chi connectivity index (χ2n) is 3.79. The van der Waals surface area contributed by atoms with Gasteiger partial charge in [0.25, 0.3) is 0 Å². The Balaban J connectivity index is 2.26. The largest absolute Gasteiger partial charge is 0.496 e. The molecule has 0 aromatic heterocycles. The summed E-state index contributed by atoms with van der Waals surface area (Å²) in [6.07, 6.45) is 5.25. The maximum absolute atomic E-state index is 5.62. The summed E-state index contributed by atoms with van der Waals surface area (Å²) in [5, 5.41) is 0. The molecule has 1 rings (SSSR count). The van der Waals surface area contributed by atoms with E-state index in [1.54, 1.807) is 0 Å². The van der Waals surface area contributed by atoms with E-state index in [4.69, 9.17) is 9.47 Å². The fourth-order valence-electron chi connectivity index (χ4n) is 1.51. The molecule has 0 heterocycles. The molecule has 0 bridgehead atoms. The Labute approximate surface area is 104 Å². The first kappa shape index (κ1) is 13.5. The van der Waals surface area contributed by atoms with Gasteiger partial charge in [-0.3, -0.25) is 0 Å². The standard InChI is InChI=1S/C15H20O2/c1-3-5-11-15(17-4-2)13-16-12-14-9-7-6-8-10-14/h3-4,6-10,15H,1-2,5,11-13H2/t15-/m0/s1. The number of ether oxygens (including phenoxy) is 2. The van der Waals surface area contributed by atoms with Gasteiger partial charge in [-0.15, -0.1) is 6.58 Å². The van der Waals surface area contributed by atoms with Crippen molar-refractivity contribution in [2.45, 2.75) is 25.6 Å². The molecule has 17 heavy (non-hydrogen) atoms. The minimum absolute atomic E-state index is 0.0641. The van der Waals surface area contributed by atoms with Gasteiger partial charge in [0.15, 0.2) is 0 Å². The molecule has 0 aliphatic rings. The lowest BCUT2D eigenvalue weighted by molar-refractivity contribution is 0.0165. The van der Waals surface area contributed by atoms with Crippen LogP contribution in [0.4, 0.5) is 0 Å². The van der Waals surface area contributed by atoms with Crippen LogP contribution in [0, 0.1) is 0 Å². The highest BCUT2D eigenvalue weighted by atomic mass is 16.5. The minimum atomic E-state index is 0.0641. The van der Waals surface area contributed by atoms with Crippen LogP contribution >= 0.6 is 0 Å². The van der Waals surface area contributed by atoms with Crippen LogP contribution in [0.25, 0.3) is 0 Å². The van der Waals surface area contributed by atoms with Crippen molar-refractivity contribution in [2.24, 2.45) is 0 Å². The molecular formula is C15H20O2. The molecule has 92 valence electrons. The van der Waals surface area contributed by atoms with E-state index in [0.29, 0.717) is 13.2 Å². The van der Waals surface area contributed by atoms with Crippen molar-refractivity contribution in [2.75, 3.05) is 6.61 Å². The van der Waals surface area contributed by atoms with Gasteiger partial charge in [0.1, 0.15) is 6.10 Å². The SMILES string of the molecule is C=CCC[C@@H](COCc1ccccc1)OC=C. The van der Waals surface area contributed by atoms with Crippen molar-refractivity contribution >= 4 is 0 Å². The van der Waals surface area contributed by atoms with Crippen molar-refractivity contribution in [1.29, 1.82) is 0 Å². The van der Waals surface area contributed by atoms with Crippen LogP contribution in [-0.2, 0) is 16.1 Å². The first-order valence-electron chi connectivity index (χ1n) is 5.85. The summed E-state index contributed by atoms with van der Waals surface area (Å²) in [6.45, 7) is 8.46. The zero-order chi connectivity index (χ0) is 12.3. The predicted octanol–water partition coefficient (Wildman–Crippen LogP) is 3.70. The molecule has 2 nitrogen and oxygen atoms in total. The number of benzene rings is 1. The molecule has 1 aromatic carbocycles. The number of hydrogen-bond donors (Lipinski definition) is 0. The zero-order valence-electron chi connectivity index (χ0n) is 10.2. The molecule has 0 unspecified atom stereocenters. The fraction of sp³-hybridized carbons (Fsp3) is 0.333. The summed E-state index contributed by atoms with van der Waals surface area (Å²) in [5.74, 6) is 0. The molecule has 2 heteroatoms. The van der Waals surface area contributed by atoms with Gasteiger partial charge in [0, 0.05) is 0 Å². The van der Waals surface area contributed by atoms with Gasteiger partial charge in [-0.05, 0) is 18.4 Å². The Morgan fingerprint density at radius 1 is 1.18 bits per heavy atom. The van der Waals surface area contributed by atoms with E-state index in [9.17, 15) is 0 Å². The van der Waals surface area contributed by atoms with Crippen LogP contribution in [0.15, 0.2) is 55.8 Å². The molecule has 1 atom stereocenters. The third kappa shape index (κ3) is 5.93. The first-order chi connectivity index (χ1) is 8.36. The summed E-state index contributed by atoms with van der Waals surface area (Å²) >= 11 is 0. The Morgan fingerprint density at radius 3 is 2.59 bits per heavy atom. The van der Waals surface area contributed by atoms with E-state index in [-0.39, 0.29) is 6.10 Å². The summed E-state index contributed by atoms with van der Waals surface area (Å²) < 4.78 is 11.0. The molecule has 0 radical (unpaired) electrons. The first-order valence-corrected chi connectivity index (χ1v) is 5.85. The Bertz CT molecular complexity index is 319. The monoisotopic (exact) mass is 232 g/mol. The summed E-state index contributed by atoms with van der Waals surface area (Å²) in [6, 6.07) is 10.1. The number of rotatable bonds is 9. The highest BCUT2D eigenvalue weighted by Gasteiger charge is 2.07. The third-order valence-electron chi connectivity index (χ3n) is 2.40. The fourth-order valence-corrected chi connectivity index (χ4v) is 1.51. The van der Waals surface area contributed by atoms with Crippen molar-refractivity contribution < 1.29 is 9.47 Å². The molecule has 0 amide bonds.